The van der Waals surface area contributed by atoms with E-state index in [1.807, 2.05) is 0 Å². The summed E-state index contributed by atoms with van der Waals surface area (Å²) >= 11 is 3.11. The van der Waals surface area contributed by atoms with Gasteiger partial charge in [-0.25, -0.2) is 4.39 Å². The molecule has 2 N–H and O–H groups in total. The Labute approximate surface area is 118 Å². The first-order valence-electron chi connectivity index (χ1n) is 5.62. The number of hydrogen-bond donors (Lipinski definition) is 1. The zero-order valence-electron chi connectivity index (χ0n) is 10.3. The predicted octanol–water partition coefficient (Wildman–Crippen LogP) is 2.15. The Morgan fingerprint density at radius 2 is 2.32 bits per heavy atom. The van der Waals surface area contributed by atoms with Crippen LogP contribution < -0.4 is 5.73 Å². The zero-order valence-corrected chi connectivity index (χ0v) is 11.9. The second-order valence-corrected chi connectivity index (χ2v) is 4.91. The van der Waals surface area contributed by atoms with Crippen molar-refractivity contribution in [1.29, 1.82) is 0 Å². The third-order valence-electron chi connectivity index (χ3n) is 2.46. The topological polar surface area (TPSA) is 74.2 Å². The summed E-state index contributed by atoms with van der Waals surface area (Å²) in [5, 5.41) is 3.84. The standard InChI is InChI=1S/C12H13BrFN3O2/c1-18-6-8(15)5-11-16-12(17-19-11)7-2-3-10(14)9(13)4-7/h2-4,8H,5-6,15H2,1H3. The van der Waals surface area contributed by atoms with E-state index in [4.69, 9.17) is 15.0 Å². The molecule has 5 nitrogen and oxygen atoms in total. The Kier molecular flexibility index (Phi) is 4.62. The average Bonchev–Trinajstić information content (AvgIpc) is 2.81. The Bertz CT molecular complexity index is 562. The minimum absolute atomic E-state index is 0.196. The van der Waals surface area contributed by atoms with Gasteiger partial charge in [-0.15, -0.1) is 0 Å². The number of ether oxygens (including phenoxy) is 1. The van der Waals surface area contributed by atoms with Crippen molar-refractivity contribution in [3.05, 3.63) is 34.4 Å². The molecule has 0 fully saturated rings. The van der Waals surface area contributed by atoms with Crippen LogP contribution in [-0.2, 0) is 11.2 Å². The lowest BCUT2D eigenvalue weighted by Gasteiger charge is -2.05. The van der Waals surface area contributed by atoms with Crippen LogP contribution in [0.1, 0.15) is 5.89 Å². The van der Waals surface area contributed by atoms with Gasteiger partial charge in [0, 0.05) is 25.1 Å². The molecule has 0 aliphatic rings. The number of methoxy groups -OCH3 is 1. The largest absolute Gasteiger partial charge is 0.383 e. The Balaban J connectivity index is 2.14. The number of nitrogens with zero attached hydrogens (tertiary/aromatic N) is 2. The number of nitrogens with two attached hydrogens (primary N) is 1. The maximum atomic E-state index is 13.1. The van der Waals surface area contributed by atoms with Gasteiger partial charge in [0.15, 0.2) is 0 Å². The molecule has 0 saturated carbocycles. The summed E-state index contributed by atoms with van der Waals surface area (Å²) in [6.07, 6.45) is 0.434. The molecule has 2 rings (SSSR count). The molecule has 7 heteroatoms. The minimum Gasteiger partial charge on any atom is -0.383 e. The molecular weight excluding hydrogens is 317 g/mol. The molecular formula is C12H13BrFN3O2. The number of benzene rings is 1. The molecule has 1 atom stereocenters. The third kappa shape index (κ3) is 3.59. The summed E-state index contributed by atoms with van der Waals surface area (Å²) in [6.45, 7) is 0.416. The summed E-state index contributed by atoms with van der Waals surface area (Å²) in [6, 6.07) is 4.33. The molecule has 0 spiro atoms. The Morgan fingerprint density at radius 3 is 3.00 bits per heavy atom. The van der Waals surface area contributed by atoms with Crippen molar-refractivity contribution in [1.82, 2.24) is 10.1 Å². The van der Waals surface area contributed by atoms with E-state index in [1.165, 1.54) is 6.07 Å². The van der Waals surface area contributed by atoms with Gasteiger partial charge in [-0.05, 0) is 34.1 Å². The number of rotatable bonds is 5. The quantitative estimate of drug-likeness (QED) is 0.909. The van der Waals surface area contributed by atoms with Crippen LogP contribution in [0, 0.1) is 5.82 Å². The SMILES string of the molecule is COCC(N)Cc1nc(-c2ccc(F)c(Br)c2)no1. The fourth-order valence-corrected chi connectivity index (χ4v) is 1.97. The molecule has 19 heavy (non-hydrogen) atoms. The van der Waals surface area contributed by atoms with Gasteiger partial charge in [0.2, 0.25) is 11.7 Å². The van der Waals surface area contributed by atoms with Crippen molar-refractivity contribution in [3.8, 4) is 11.4 Å². The highest BCUT2D eigenvalue weighted by atomic mass is 79.9. The first-order valence-corrected chi connectivity index (χ1v) is 6.42. The molecule has 0 aliphatic heterocycles. The van der Waals surface area contributed by atoms with Crippen molar-refractivity contribution >= 4 is 15.9 Å². The van der Waals surface area contributed by atoms with Crippen LogP contribution in [0.2, 0.25) is 0 Å². The highest BCUT2D eigenvalue weighted by molar-refractivity contribution is 9.10. The highest BCUT2D eigenvalue weighted by Gasteiger charge is 2.13. The molecule has 1 unspecified atom stereocenters. The first kappa shape index (κ1) is 14.1. The van der Waals surface area contributed by atoms with E-state index in [0.717, 1.165) is 0 Å². The minimum atomic E-state index is -0.338. The number of halogens is 2. The smallest absolute Gasteiger partial charge is 0.228 e. The maximum Gasteiger partial charge on any atom is 0.228 e. The molecule has 0 amide bonds. The summed E-state index contributed by atoms with van der Waals surface area (Å²) < 4.78 is 23.5. The van der Waals surface area contributed by atoms with Crippen molar-refractivity contribution in [2.24, 2.45) is 5.73 Å². The van der Waals surface area contributed by atoms with Gasteiger partial charge < -0.3 is 15.0 Å². The lowest BCUT2D eigenvalue weighted by Crippen LogP contribution is -2.28. The van der Waals surface area contributed by atoms with Crippen LogP contribution in [-0.4, -0.2) is 29.9 Å². The summed E-state index contributed by atoms with van der Waals surface area (Å²) in [4.78, 5) is 4.22. The van der Waals surface area contributed by atoms with Gasteiger partial charge in [-0.2, -0.15) is 4.98 Å². The van der Waals surface area contributed by atoms with Gasteiger partial charge in [-0.3, -0.25) is 0 Å². The van der Waals surface area contributed by atoms with Crippen molar-refractivity contribution in [3.63, 3.8) is 0 Å². The fourth-order valence-electron chi connectivity index (χ4n) is 1.59. The lowest BCUT2D eigenvalue weighted by molar-refractivity contribution is 0.176. The maximum absolute atomic E-state index is 13.1. The zero-order chi connectivity index (χ0) is 13.8. The molecule has 0 bridgehead atoms. The second kappa shape index (κ2) is 6.23. The van der Waals surface area contributed by atoms with Crippen LogP contribution in [0.4, 0.5) is 4.39 Å². The predicted molar refractivity (Wildman–Crippen MR) is 70.9 cm³/mol. The van der Waals surface area contributed by atoms with Crippen LogP contribution in [0.25, 0.3) is 11.4 Å². The molecule has 0 radical (unpaired) electrons. The van der Waals surface area contributed by atoms with Crippen molar-refractivity contribution < 1.29 is 13.7 Å². The van der Waals surface area contributed by atoms with Crippen LogP contribution in [0.5, 0.6) is 0 Å². The molecule has 1 heterocycles. The molecule has 2 aromatic rings. The molecule has 0 saturated heterocycles. The van der Waals surface area contributed by atoms with E-state index in [9.17, 15) is 4.39 Å². The van der Waals surface area contributed by atoms with E-state index >= 15 is 0 Å². The van der Waals surface area contributed by atoms with Gasteiger partial charge in [0.05, 0.1) is 11.1 Å². The van der Waals surface area contributed by atoms with Crippen molar-refractivity contribution in [2.45, 2.75) is 12.5 Å². The summed E-state index contributed by atoms with van der Waals surface area (Å²) in [7, 11) is 1.58. The summed E-state index contributed by atoms with van der Waals surface area (Å²) in [5.41, 5.74) is 6.47. The average molecular weight is 330 g/mol. The van der Waals surface area contributed by atoms with E-state index in [2.05, 4.69) is 26.1 Å². The van der Waals surface area contributed by atoms with Gasteiger partial charge >= 0.3 is 0 Å². The molecule has 1 aromatic heterocycles. The number of aromatic nitrogens is 2. The molecule has 102 valence electrons. The van der Waals surface area contributed by atoms with Gasteiger partial charge in [-0.1, -0.05) is 5.16 Å². The van der Waals surface area contributed by atoms with Crippen LogP contribution in [0.3, 0.4) is 0 Å². The molecule has 1 aromatic carbocycles. The Hall–Kier alpha value is -1.31. The van der Waals surface area contributed by atoms with E-state index in [1.54, 1.807) is 19.2 Å². The Morgan fingerprint density at radius 1 is 1.53 bits per heavy atom. The van der Waals surface area contributed by atoms with Crippen molar-refractivity contribution in [2.75, 3.05) is 13.7 Å². The first-order chi connectivity index (χ1) is 9.10. The van der Waals surface area contributed by atoms with E-state index in [0.29, 0.717) is 34.8 Å². The van der Waals surface area contributed by atoms with Crippen LogP contribution in [0.15, 0.2) is 27.2 Å². The third-order valence-corrected chi connectivity index (χ3v) is 3.07. The van der Waals surface area contributed by atoms with E-state index in [-0.39, 0.29) is 11.9 Å². The highest BCUT2D eigenvalue weighted by Crippen LogP contribution is 2.23. The normalized spacial score (nSPS) is 12.6. The molecule has 0 aliphatic carbocycles. The van der Waals surface area contributed by atoms with E-state index < -0.39 is 0 Å². The second-order valence-electron chi connectivity index (χ2n) is 4.06. The number of hydrogen-bond acceptors (Lipinski definition) is 5. The summed E-state index contributed by atoms with van der Waals surface area (Å²) in [5.74, 6) is 0.495. The monoisotopic (exact) mass is 329 g/mol. The lowest BCUT2D eigenvalue weighted by atomic mass is 10.2. The van der Waals surface area contributed by atoms with Crippen LogP contribution >= 0.6 is 15.9 Å². The fraction of sp³-hybridized carbons (Fsp3) is 0.333. The van der Waals surface area contributed by atoms with Gasteiger partial charge in [0.25, 0.3) is 0 Å². The van der Waals surface area contributed by atoms with Gasteiger partial charge in [0.1, 0.15) is 5.82 Å².